The summed E-state index contributed by atoms with van der Waals surface area (Å²) in [5, 5.41) is 8.63. The summed E-state index contributed by atoms with van der Waals surface area (Å²) in [6.07, 6.45) is 5.95. The second kappa shape index (κ2) is 10.1. The van der Waals surface area contributed by atoms with Gasteiger partial charge in [-0.25, -0.2) is 0 Å². The first-order valence-electron chi connectivity index (χ1n) is 6.61. The molecule has 0 aliphatic rings. The van der Waals surface area contributed by atoms with Crippen molar-refractivity contribution in [3.05, 3.63) is 0 Å². The fourth-order valence-corrected chi connectivity index (χ4v) is 1.71. The first kappa shape index (κ1) is 15.9. The van der Waals surface area contributed by atoms with Gasteiger partial charge in [0.1, 0.15) is 6.42 Å². The van der Waals surface area contributed by atoms with Crippen LogP contribution in [0.25, 0.3) is 0 Å². The van der Waals surface area contributed by atoms with Crippen LogP contribution in [0.5, 0.6) is 0 Å². The SMILES string of the molecule is CCCCCN(CCCCC)C(=O)CC(=O)O. The number of hydrogen-bond acceptors (Lipinski definition) is 2. The minimum absolute atomic E-state index is 0.246. The third-order valence-corrected chi connectivity index (χ3v) is 2.72. The van der Waals surface area contributed by atoms with E-state index in [1.807, 2.05) is 0 Å². The molecule has 0 radical (unpaired) electrons. The van der Waals surface area contributed by atoms with Crippen molar-refractivity contribution < 1.29 is 14.7 Å². The van der Waals surface area contributed by atoms with E-state index in [0.29, 0.717) is 13.1 Å². The molecule has 0 saturated carbocycles. The van der Waals surface area contributed by atoms with Gasteiger partial charge in [-0.1, -0.05) is 39.5 Å². The lowest BCUT2D eigenvalue weighted by Gasteiger charge is -2.22. The van der Waals surface area contributed by atoms with E-state index in [1.165, 1.54) is 0 Å². The van der Waals surface area contributed by atoms with Crippen molar-refractivity contribution in [1.29, 1.82) is 0 Å². The zero-order chi connectivity index (χ0) is 13.1. The van der Waals surface area contributed by atoms with Crippen LogP contribution in [0.15, 0.2) is 0 Å². The Labute approximate surface area is 104 Å². The third kappa shape index (κ3) is 8.72. The molecule has 0 fully saturated rings. The number of nitrogens with zero attached hydrogens (tertiary/aromatic N) is 1. The Bertz CT molecular complexity index is 219. The van der Waals surface area contributed by atoms with Gasteiger partial charge in [-0.15, -0.1) is 0 Å². The molecule has 0 aliphatic heterocycles. The number of unbranched alkanes of at least 4 members (excludes halogenated alkanes) is 4. The monoisotopic (exact) mass is 243 g/mol. The smallest absolute Gasteiger partial charge is 0.312 e. The number of amides is 1. The molecule has 4 heteroatoms. The highest BCUT2D eigenvalue weighted by molar-refractivity contribution is 5.93. The first-order chi connectivity index (χ1) is 8.11. The number of hydrogen-bond donors (Lipinski definition) is 1. The van der Waals surface area contributed by atoms with Crippen LogP contribution in [0, 0.1) is 0 Å². The average Bonchev–Trinajstić information content (AvgIpc) is 2.26. The van der Waals surface area contributed by atoms with E-state index < -0.39 is 5.97 Å². The summed E-state index contributed by atoms with van der Waals surface area (Å²) < 4.78 is 0. The number of carbonyl (C=O) groups excluding carboxylic acids is 1. The zero-order valence-corrected chi connectivity index (χ0v) is 11.1. The van der Waals surface area contributed by atoms with Crippen molar-refractivity contribution in [1.82, 2.24) is 4.90 Å². The summed E-state index contributed by atoms with van der Waals surface area (Å²) in [6.45, 7) is 5.62. The van der Waals surface area contributed by atoms with Gasteiger partial charge in [0.15, 0.2) is 0 Å². The van der Waals surface area contributed by atoms with Crippen LogP contribution in [0.2, 0.25) is 0 Å². The van der Waals surface area contributed by atoms with Crippen LogP contribution in [0.4, 0.5) is 0 Å². The van der Waals surface area contributed by atoms with Gasteiger partial charge < -0.3 is 10.0 Å². The fraction of sp³-hybridized carbons (Fsp3) is 0.846. The van der Waals surface area contributed by atoms with E-state index in [1.54, 1.807) is 4.90 Å². The summed E-state index contributed by atoms with van der Waals surface area (Å²) in [5.41, 5.74) is 0. The normalized spacial score (nSPS) is 10.2. The number of carboxylic acids is 1. The van der Waals surface area contributed by atoms with Crippen LogP contribution in [0.1, 0.15) is 58.8 Å². The van der Waals surface area contributed by atoms with Crippen molar-refractivity contribution in [2.24, 2.45) is 0 Å². The molecule has 0 rings (SSSR count). The summed E-state index contributed by atoms with van der Waals surface area (Å²) in [7, 11) is 0. The molecule has 100 valence electrons. The molecular weight excluding hydrogens is 218 g/mol. The van der Waals surface area contributed by atoms with E-state index in [9.17, 15) is 9.59 Å². The van der Waals surface area contributed by atoms with Crippen LogP contribution in [-0.2, 0) is 9.59 Å². The van der Waals surface area contributed by atoms with E-state index >= 15 is 0 Å². The molecule has 0 spiro atoms. The van der Waals surface area contributed by atoms with Gasteiger partial charge in [0.05, 0.1) is 0 Å². The number of rotatable bonds is 10. The van der Waals surface area contributed by atoms with Gasteiger partial charge in [0.25, 0.3) is 0 Å². The summed E-state index contributed by atoms with van der Waals surface area (Å²) in [6, 6.07) is 0. The van der Waals surface area contributed by atoms with Crippen LogP contribution >= 0.6 is 0 Å². The molecule has 0 aromatic carbocycles. The predicted molar refractivity (Wildman–Crippen MR) is 67.9 cm³/mol. The Morgan fingerprint density at radius 3 is 1.76 bits per heavy atom. The van der Waals surface area contributed by atoms with Crippen molar-refractivity contribution in [3.8, 4) is 0 Å². The Morgan fingerprint density at radius 1 is 0.941 bits per heavy atom. The number of aliphatic carboxylic acids is 1. The highest BCUT2D eigenvalue weighted by atomic mass is 16.4. The standard InChI is InChI=1S/C13H25NO3/c1-3-5-7-9-14(10-8-6-4-2)12(15)11-13(16)17/h3-11H2,1-2H3,(H,16,17). The van der Waals surface area contributed by atoms with Gasteiger partial charge in [0.2, 0.25) is 5.91 Å². The molecule has 1 N–H and O–H groups in total. The molecule has 0 heterocycles. The summed E-state index contributed by atoms with van der Waals surface area (Å²) in [5.74, 6) is -1.28. The maximum atomic E-state index is 11.7. The van der Waals surface area contributed by atoms with Crippen LogP contribution in [0.3, 0.4) is 0 Å². The lowest BCUT2D eigenvalue weighted by atomic mass is 10.2. The molecule has 0 saturated heterocycles. The topological polar surface area (TPSA) is 57.6 Å². The fourth-order valence-electron chi connectivity index (χ4n) is 1.71. The minimum Gasteiger partial charge on any atom is -0.481 e. The Morgan fingerprint density at radius 2 is 1.41 bits per heavy atom. The Hall–Kier alpha value is -1.06. The highest BCUT2D eigenvalue weighted by Crippen LogP contribution is 2.04. The second-order valence-corrected chi connectivity index (χ2v) is 4.37. The molecule has 0 unspecified atom stereocenters. The Kier molecular flexibility index (Phi) is 9.49. The molecular formula is C13H25NO3. The zero-order valence-electron chi connectivity index (χ0n) is 11.1. The Balaban J connectivity index is 4.07. The number of carbonyl (C=O) groups is 2. The largest absolute Gasteiger partial charge is 0.481 e. The molecule has 0 atom stereocenters. The van der Waals surface area contributed by atoms with Gasteiger partial charge >= 0.3 is 5.97 Å². The first-order valence-corrected chi connectivity index (χ1v) is 6.61. The highest BCUT2D eigenvalue weighted by Gasteiger charge is 2.15. The summed E-state index contributed by atoms with van der Waals surface area (Å²) >= 11 is 0. The predicted octanol–water partition coefficient (Wildman–Crippen LogP) is 2.67. The van der Waals surface area contributed by atoms with Gasteiger partial charge in [-0.05, 0) is 12.8 Å². The van der Waals surface area contributed by atoms with Gasteiger partial charge in [-0.3, -0.25) is 9.59 Å². The van der Waals surface area contributed by atoms with Crippen LogP contribution in [-0.4, -0.2) is 35.0 Å². The molecule has 0 aromatic heterocycles. The lowest BCUT2D eigenvalue weighted by molar-refractivity contribution is -0.144. The minimum atomic E-state index is -1.04. The lowest BCUT2D eigenvalue weighted by Crippen LogP contribution is -2.34. The molecule has 0 aromatic rings. The number of carboxylic acid groups (broad SMARTS) is 1. The summed E-state index contributed by atoms with van der Waals surface area (Å²) in [4.78, 5) is 23.9. The van der Waals surface area contributed by atoms with E-state index in [0.717, 1.165) is 38.5 Å². The maximum Gasteiger partial charge on any atom is 0.312 e. The van der Waals surface area contributed by atoms with Crippen molar-refractivity contribution in [3.63, 3.8) is 0 Å². The van der Waals surface area contributed by atoms with Crippen molar-refractivity contribution in [2.75, 3.05) is 13.1 Å². The maximum absolute atomic E-state index is 11.7. The quantitative estimate of drug-likeness (QED) is 0.474. The molecule has 4 nitrogen and oxygen atoms in total. The van der Waals surface area contributed by atoms with Crippen LogP contribution < -0.4 is 0 Å². The van der Waals surface area contributed by atoms with E-state index in [-0.39, 0.29) is 12.3 Å². The van der Waals surface area contributed by atoms with E-state index in [4.69, 9.17) is 5.11 Å². The average molecular weight is 243 g/mol. The van der Waals surface area contributed by atoms with E-state index in [2.05, 4.69) is 13.8 Å². The molecule has 1 amide bonds. The van der Waals surface area contributed by atoms with Crippen molar-refractivity contribution >= 4 is 11.9 Å². The van der Waals surface area contributed by atoms with Gasteiger partial charge in [0, 0.05) is 13.1 Å². The third-order valence-electron chi connectivity index (χ3n) is 2.72. The van der Waals surface area contributed by atoms with Gasteiger partial charge in [-0.2, -0.15) is 0 Å². The van der Waals surface area contributed by atoms with Crippen molar-refractivity contribution in [2.45, 2.75) is 58.8 Å². The second-order valence-electron chi connectivity index (χ2n) is 4.37. The molecule has 0 bridgehead atoms. The molecule has 0 aliphatic carbocycles. The molecule has 17 heavy (non-hydrogen) atoms.